The molecule has 1 aliphatic carbocycles. The van der Waals surface area contributed by atoms with E-state index in [1.54, 1.807) is 24.3 Å². The van der Waals surface area contributed by atoms with Crippen LogP contribution in [0.15, 0.2) is 29.1 Å². The quantitative estimate of drug-likeness (QED) is 0.728. The third-order valence-corrected chi connectivity index (χ3v) is 4.95. The van der Waals surface area contributed by atoms with Crippen molar-refractivity contribution >= 4 is 28.7 Å². The summed E-state index contributed by atoms with van der Waals surface area (Å²) in [4.78, 5) is 48.5. The van der Waals surface area contributed by atoms with Crippen LogP contribution in [-0.4, -0.2) is 39.8 Å². The summed E-state index contributed by atoms with van der Waals surface area (Å²) in [5, 5.41) is 10.1. The maximum atomic E-state index is 12.3. The smallest absolute Gasteiger partial charge is 0.321 e. The number of aromatic nitrogens is 2. The summed E-state index contributed by atoms with van der Waals surface area (Å²) < 4.78 is 6.31. The molecule has 2 N–H and O–H groups in total. The number of carbonyl (C=O) groups excluding carboxylic acids is 3. The summed E-state index contributed by atoms with van der Waals surface area (Å²) in [6.07, 6.45) is 2.55. The van der Waals surface area contributed by atoms with E-state index < -0.39 is 24.0 Å². The predicted molar refractivity (Wildman–Crippen MR) is 105 cm³/mol. The number of nitrogens with one attached hydrogen (secondary N) is 2. The van der Waals surface area contributed by atoms with Crippen molar-refractivity contribution in [1.82, 2.24) is 20.4 Å². The lowest BCUT2D eigenvalue weighted by atomic mass is 10.1. The van der Waals surface area contributed by atoms with Gasteiger partial charge in [-0.2, -0.15) is 5.10 Å². The van der Waals surface area contributed by atoms with Crippen molar-refractivity contribution in [3.63, 3.8) is 0 Å². The van der Waals surface area contributed by atoms with Crippen molar-refractivity contribution < 1.29 is 19.1 Å². The zero-order valence-corrected chi connectivity index (χ0v) is 16.4. The average Bonchev–Trinajstić information content (AvgIpc) is 3.18. The largest absolute Gasteiger partial charge is 0.452 e. The van der Waals surface area contributed by atoms with Gasteiger partial charge in [0, 0.05) is 18.5 Å². The Bertz CT molecular complexity index is 994. The molecule has 29 heavy (non-hydrogen) atoms. The molecule has 1 aromatic heterocycles. The number of aryl methyl sites for hydroxylation is 1. The Morgan fingerprint density at radius 3 is 2.55 bits per heavy atom. The molecule has 0 radical (unpaired) electrons. The molecule has 154 valence electrons. The van der Waals surface area contributed by atoms with Crippen LogP contribution in [0, 0.1) is 0 Å². The molecule has 2 aromatic rings. The number of nitrogens with zero attached hydrogens (tertiary/aromatic N) is 2. The first-order valence-corrected chi connectivity index (χ1v) is 9.61. The summed E-state index contributed by atoms with van der Waals surface area (Å²) >= 11 is 0. The van der Waals surface area contributed by atoms with Gasteiger partial charge in [-0.25, -0.2) is 9.48 Å². The number of fused-ring (bicyclic) bond motifs is 1. The number of hydrogen-bond acceptors (Lipinski definition) is 6. The minimum absolute atomic E-state index is 0.0738. The van der Waals surface area contributed by atoms with Crippen molar-refractivity contribution in [3.05, 3.63) is 40.3 Å². The van der Waals surface area contributed by atoms with Crippen LogP contribution in [-0.2, 0) is 27.8 Å². The Morgan fingerprint density at radius 1 is 1.21 bits per heavy atom. The van der Waals surface area contributed by atoms with E-state index in [0.717, 1.165) is 30.4 Å². The van der Waals surface area contributed by atoms with E-state index in [1.165, 1.54) is 14.0 Å². The second-order valence-corrected chi connectivity index (χ2v) is 7.17. The van der Waals surface area contributed by atoms with Gasteiger partial charge in [0.15, 0.2) is 6.10 Å². The van der Waals surface area contributed by atoms with Gasteiger partial charge in [0.2, 0.25) is 0 Å². The molecule has 0 bridgehead atoms. The molecule has 3 amide bonds. The highest BCUT2D eigenvalue weighted by atomic mass is 16.5. The fourth-order valence-corrected chi connectivity index (χ4v) is 3.44. The number of hydrogen-bond donors (Lipinski definition) is 2. The van der Waals surface area contributed by atoms with Crippen LogP contribution in [0.2, 0.25) is 0 Å². The van der Waals surface area contributed by atoms with Gasteiger partial charge < -0.3 is 10.1 Å². The van der Waals surface area contributed by atoms with E-state index in [-0.39, 0.29) is 18.0 Å². The van der Waals surface area contributed by atoms with Crippen LogP contribution >= 0.6 is 0 Å². The lowest BCUT2D eigenvalue weighted by Crippen LogP contribution is -2.47. The highest BCUT2D eigenvalue weighted by Crippen LogP contribution is 2.17. The van der Waals surface area contributed by atoms with E-state index in [2.05, 4.69) is 15.7 Å². The Kier molecular flexibility index (Phi) is 6.26. The zero-order valence-electron chi connectivity index (χ0n) is 16.4. The maximum absolute atomic E-state index is 12.3. The van der Waals surface area contributed by atoms with Gasteiger partial charge in [0.25, 0.3) is 11.5 Å². The molecule has 0 aliphatic heterocycles. The second kappa shape index (κ2) is 8.85. The van der Waals surface area contributed by atoms with Crippen LogP contribution in [0.1, 0.15) is 38.3 Å². The topological polar surface area (TPSA) is 119 Å². The highest BCUT2D eigenvalue weighted by molar-refractivity contribution is 5.97. The first kappa shape index (κ1) is 20.5. The third-order valence-electron chi connectivity index (χ3n) is 4.95. The molecule has 1 aromatic carbocycles. The molecule has 1 fully saturated rings. The summed E-state index contributed by atoms with van der Waals surface area (Å²) in [5.41, 5.74) is 0.109. The van der Waals surface area contributed by atoms with E-state index in [0.29, 0.717) is 16.5 Å². The first-order valence-electron chi connectivity index (χ1n) is 9.61. The molecule has 1 atom stereocenters. The molecule has 9 nitrogen and oxygen atoms in total. The fraction of sp³-hybridized carbons (Fsp3) is 0.450. The van der Waals surface area contributed by atoms with Crippen LogP contribution in [0.25, 0.3) is 10.8 Å². The van der Waals surface area contributed by atoms with Gasteiger partial charge >= 0.3 is 12.0 Å². The number of esters is 1. The average molecular weight is 400 g/mol. The molecule has 3 rings (SSSR count). The molecule has 1 saturated carbocycles. The third kappa shape index (κ3) is 4.98. The Hall–Kier alpha value is -3.23. The van der Waals surface area contributed by atoms with E-state index in [1.807, 2.05) is 0 Å². The van der Waals surface area contributed by atoms with Gasteiger partial charge in [-0.3, -0.25) is 19.7 Å². The van der Waals surface area contributed by atoms with Gasteiger partial charge in [0.1, 0.15) is 0 Å². The molecular weight excluding hydrogens is 376 g/mol. The predicted octanol–water partition coefficient (Wildman–Crippen LogP) is 1.18. The van der Waals surface area contributed by atoms with Crippen molar-refractivity contribution in [2.24, 2.45) is 7.05 Å². The van der Waals surface area contributed by atoms with Crippen molar-refractivity contribution in [2.75, 3.05) is 0 Å². The van der Waals surface area contributed by atoms with E-state index in [9.17, 15) is 19.2 Å². The Balaban J connectivity index is 1.59. The lowest BCUT2D eigenvalue weighted by Gasteiger charge is -2.16. The first-order chi connectivity index (χ1) is 13.8. The molecule has 1 aliphatic rings. The number of ether oxygens (including phenoxy) is 1. The van der Waals surface area contributed by atoms with E-state index in [4.69, 9.17) is 4.74 Å². The van der Waals surface area contributed by atoms with Crippen LogP contribution in [0.3, 0.4) is 0 Å². The monoisotopic (exact) mass is 400 g/mol. The number of urea groups is 1. The molecule has 1 heterocycles. The van der Waals surface area contributed by atoms with Crippen molar-refractivity contribution in [2.45, 2.75) is 51.2 Å². The Morgan fingerprint density at radius 2 is 1.86 bits per heavy atom. The molecule has 9 heteroatoms. The van der Waals surface area contributed by atoms with Crippen LogP contribution < -0.4 is 16.2 Å². The molecular formula is C20H24N4O5. The molecule has 0 saturated heterocycles. The van der Waals surface area contributed by atoms with Crippen LogP contribution in [0.5, 0.6) is 0 Å². The van der Waals surface area contributed by atoms with Crippen molar-refractivity contribution in [3.8, 4) is 0 Å². The summed E-state index contributed by atoms with van der Waals surface area (Å²) in [6, 6.07) is 6.33. The van der Waals surface area contributed by atoms with Gasteiger partial charge in [-0.15, -0.1) is 0 Å². The number of rotatable bonds is 5. The zero-order chi connectivity index (χ0) is 21.0. The SMILES string of the molecule is C[C@@H](OC(=O)Cc1nn(C)c(=O)c2ccccc12)C(=O)NC(=O)NC1CCCC1. The fourth-order valence-electron chi connectivity index (χ4n) is 3.44. The van der Waals surface area contributed by atoms with Gasteiger partial charge in [0.05, 0.1) is 17.5 Å². The van der Waals surface area contributed by atoms with Gasteiger partial charge in [-0.1, -0.05) is 31.0 Å². The molecule has 0 spiro atoms. The lowest BCUT2D eigenvalue weighted by molar-refractivity contribution is -0.153. The van der Waals surface area contributed by atoms with Crippen molar-refractivity contribution in [1.29, 1.82) is 0 Å². The summed E-state index contributed by atoms with van der Waals surface area (Å²) in [6.45, 7) is 1.39. The standard InChI is InChI=1S/C20H24N4O5/c1-12(18(26)22-20(28)21-13-7-3-4-8-13)29-17(25)11-16-14-9-5-6-10-15(14)19(27)24(2)23-16/h5-6,9-10,12-13H,3-4,7-8,11H2,1-2H3,(H2,21,22,26,28)/t12-/m1/s1. The summed E-state index contributed by atoms with van der Waals surface area (Å²) in [5.74, 6) is -1.38. The minimum Gasteiger partial charge on any atom is -0.452 e. The highest BCUT2D eigenvalue weighted by Gasteiger charge is 2.23. The number of imide groups is 1. The second-order valence-electron chi connectivity index (χ2n) is 7.17. The maximum Gasteiger partial charge on any atom is 0.321 e. The number of carbonyl (C=O) groups is 3. The summed E-state index contributed by atoms with van der Waals surface area (Å²) in [7, 11) is 1.50. The van der Waals surface area contributed by atoms with E-state index >= 15 is 0 Å². The number of benzene rings is 1. The molecule has 0 unspecified atom stereocenters. The minimum atomic E-state index is -1.14. The number of amides is 3. The van der Waals surface area contributed by atoms with Crippen LogP contribution in [0.4, 0.5) is 4.79 Å². The van der Waals surface area contributed by atoms with Gasteiger partial charge in [-0.05, 0) is 25.8 Å². The normalized spacial score (nSPS) is 15.1. The Labute approximate surface area is 167 Å².